The highest BCUT2D eigenvalue weighted by Gasteiger charge is 2.51. The average molecular weight is 1300 g/mol. The molecule has 0 aromatic rings. The van der Waals surface area contributed by atoms with E-state index >= 15 is 0 Å². The highest BCUT2D eigenvalue weighted by Crippen LogP contribution is 2.26. The minimum atomic E-state index is -2.51. The van der Waals surface area contributed by atoms with E-state index in [0.29, 0.717) is 0 Å². The van der Waals surface area contributed by atoms with Gasteiger partial charge in [0.2, 0.25) is 18.3 Å². The van der Waals surface area contributed by atoms with Crippen LogP contribution in [0.25, 0.3) is 0 Å². The molecule has 0 aliphatic carbocycles. The van der Waals surface area contributed by atoms with Gasteiger partial charge in [-0.2, -0.15) is 0 Å². The van der Waals surface area contributed by atoms with Crippen LogP contribution in [0.5, 0.6) is 0 Å². The van der Waals surface area contributed by atoms with Crippen LogP contribution < -0.4 is 21.7 Å². The average Bonchev–Trinajstić information content (AvgIpc) is 1.32. The number of ether oxygens (including phenoxy) is 15. The molecule has 12 atom stereocenters. The molecule has 0 spiro atoms. The topological polar surface area (TPSA) is 508 Å². The second-order valence-electron chi connectivity index (χ2n) is 19.2. The van der Waals surface area contributed by atoms with Crippen molar-refractivity contribution < 1.29 is 157 Å². The lowest BCUT2D eigenvalue weighted by Gasteiger charge is -2.38. The van der Waals surface area contributed by atoms with E-state index in [4.69, 9.17) is 76.8 Å². The molecule has 37 nitrogen and oxygen atoms in total. The molecule has 12 unspecified atom stereocenters. The van der Waals surface area contributed by atoms with Crippen molar-refractivity contribution in [2.45, 2.75) is 177 Å². The van der Waals surface area contributed by atoms with Gasteiger partial charge >= 0.3 is 89.5 Å². The molecule has 3 amide bonds. The molecule has 0 bridgehead atoms. The molecule has 0 aromatic heterocycles. The second kappa shape index (κ2) is 39.3. The van der Waals surface area contributed by atoms with Gasteiger partial charge in [-0.1, -0.05) is 0 Å². The minimum Gasteiger partial charge on any atom is -0.462 e. The molecule has 0 fully saturated rings. The first kappa shape index (κ1) is 80.4. The number of amides is 3. The van der Waals surface area contributed by atoms with E-state index in [2.05, 4.69) is 16.0 Å². The second-order valence-corrected chi connectivity index (χ2v) is 19.2. The quantitative estimate of drug-likeness (QED) is 0.0342. The van der Waals surface area contributed by atoms with E-state index < -0.39 is 232 Å². The molecule has 0 saturated carbocycles. The molecule has 0 aliphatic rings. The SMILES string of the molecule is CC(=O)OCC(OC(C)=O)C(OC(C)=O)C(OC(C)=O)C(OC(C)=O)C(=O)NCC(CN)(CNC(=O)C(OC(C)=O)C(OC(C)=O)C(OC(C)=O)C(COC(C)=O)OC(C)=O)CNC(=O)C(OC(C)=O)C(OC(C)=O)C(OC(C)=O)C(COC(C)=O)OC(C)=O. The van der Waals surface area contributed by atoms with Crippen molar-refractivity contribution in [1.29, 1.82) is 0 Å². The molecule has 37 heteroatoms. The van der Waals surface area contributed by atoms with Crippen LogP contribution in [0.4, 0.5) is 0 Å². The zero-order chi connectivity index (χ0) is 69.5. The highest BCUT2D eigenvalue weighted by atomic mass is 16.7. The number of carbonyl (C=O) groups is 18. The van der Waals surface area contributed by atoms with Crippen LogP contribution in [-0.2, 0) is 157 Å². The third-order valence-electron chi connectivity index (χ3n) is 11.1. The first-order valence-corrected chi connectivity index (χ1v) is 26.7. The summed E-state index contributed by atoms with van der Waals surface area (Å²) in [5.74, 6) is -22.4. The number of rotatable bonds is 37. The predicted molar refractivity (Wildman–Crippen MR) is 287 cm³/mol. The van der Waals surface area contributed by atoms with E-state index in [1.807, 2.05) is 0 Å². The summed E-state index contributed by atoms with van der Waals surface area (Å²) in [6.45, 7) is 5.44. The molecule has 5 N–H and O–H groups in total. The monoisotopic (exact) mass is 1300 g/mol. The van der Waals surface area contributed by atoms with Crippen molar-refractivity contribution in [1.82, 2.24) is 16.0 Å². The summed E-state index contributed by atoms with van der Waals surface area (Å²) in [4.78, 5) is 232. The lowest BCUT2D eigenvalue weighted by Crippen LogP contribution is -2.62. The van der Waals surface area contributed by atoms with Crippen LogP contribution in [0.1, 0.15) is 104 Å². The van der Waals surface area contributed by atoms with Gasteiger partial charge in [0.25, 0.3) is 17.7 Å². The van der Waals surface area contributed by atoms with Crippen LogP contribution in [-0.4, -0.2) is 227 Å². The van der Waals surface area contributed by atoms with Gasteiger partial charge in [-0.25, -0.2) is 0 Å². The molecule has 0 aliphatic heterocycles. The third kappa shape index (κ3) is 31.4. The number of carbonyl (C=O) groups excluding carboxylic acids is 18. The van der Waals surface area contributed by atoms with Crippen molar-refractivity contribution in [3.8, 4) is 0 Å². The maximum atomic E-state index is 14.7. The van der Waals surface area contributed by atoms with Gasteiger partial charge in [0, 0.05) is 135 Å². The Kier molecular flexibility index (Phi) is 35.2. The first-order chi connectivity index (χ1) is 41.6. The van der Waals surface area contributed by atoms with Crippen molar-refractivity contribution in [3.63, 3.8) is 0 Å². The fourth-order valence-electron chi connectivity index (χ4n) is 7.82. The van der Waals surface area contributed by atoms with Crippen molar-refractivity contribution in [3.05, 3.63) is 0 Å². The van der Waals surface area contributed by atoms with Crippen molar-refractivity contribution in [2.75, 3.05) is 46.0 Å². The molecular formula is C53H76N4O33. The molecular weight excluding hydrogens is 1220 g/mol. The van der Waals surface area contributed by atoms with E-state index in [9.17, 15) is 86.3 Å². The first-order valence-electron chi connectivity index (χ1n) is 26.7. The lowest BCUT2D eigenvalue weighted by atomic mass is 9.86. The largest absolute Gasteiger partial charge is 0.462 e. The molecule has 0 heterocycles. The number of nitrogens with two attached hydrogens (primary N) is 1. The number of hydrogen-bond acceptors (Lipinski definition) is 34. The van der Waals surface area contributed by atoms with Crippen LogP contribution in [0.3, 0.4) is 0 Å². The zero-order valence-corrected chi connectivity index (χ0v) is 51.9. The third-order valence-corrected chi connectivity index (χ3v) is 11.1. The molecule has 0 saturated heterocycles. The summed E-state index contributed by atoms with van der Waals surface area (Å²) in [7, 11) is 0. The summed E-state index contributed by atoms with van der Waals surface area (Å²) >= 11 is 0. The molecule has 0 aromatic carbocycles. The Morgan fingerprint density at radius 2 is 0.444 bits per heavy atom. The maximum Gasteiger partial charge on any atom is 0.303 e. The highest BCUT2D eigenvalue weighted by molar-refractivity contribution is 5.87. The summed E-state index contributed by atoms with van der Waals surface area (Å²) in [5, 5.41) is 6.91. The normalized spacial score (nSPS) is 15.3. The van der Waals surface area contributed by atoms with Crippen molar-refractivity contribution >= 4 is 107 Å². The van der Waals surface area contributed by atoms with Crippen LogP contribution in [0, 0.1) is 5.41 Å². The molecule has 0 radical (unpaired) electrons. The predicted octanol–water partition coefficient (Wildman–Crippen LogP) is -3.85. The van der Waals surface area contributed by atoms with E-state index in [1.165, 1.54) is 0 Å². The van der Waals surface area contributed by atoms with Crippen LogP contribution in [0.15, 0.2) is 0 Å². The number of hydrogen-bond donors (Lipinski definition) is 4. The summed E-state index contributed by atoms with van der Waals surface area (Å²) in [5.41, 5.74) is 4.17. The van der Waals surface area contributed by atoms with E-state index in [1.54, 1.807) is 0 Å². The van der Waals surface area contributed by atoms with E-state index in [-0.39, 0.29) is 0 Å². The Bertz CT molecular complexity index is 2370. The van der Waals surface area contributed by atoms with Gasteiger partial charge < -0.3 is 92.7 Å². The smallest absolute Gasteiger partial charge is 0.303 e. The van der Waals surface area contributed by atoms with Gasteiger partial charge in [-0.3, -0.25) is 86.3 Å². The van der Waals surface area contributed by atoms with Crippen LogP contribution >= 0.6 is 0 Å². The Morgan fingerprint density at radius 1 is 0.267 bits per heavy atom. The molecule has 0 rings (SSSR count). The van der Waals surface area contributed by atoms with Gasteiger partial charge in [-0.15, -0.1) is 0 Å². The van der Waals surface area contributed by atoms with Crippen molar-refractivity contribution in [2.24, 2.45) is 11.1 Å². The van der Waals surface area contributed by atoms with Gasteiger partial charge in [-0.05, 0) is 0 Å². The van der Waals surface area contributed by atoms with Gasteiger partial charge in [0.1, 0.15) is 19.8 Å². The minimum absolute atomic E-state index is 0.752. The standard InChI is InChI=1S/C53H76N4O33/c1-23(58)76-16-38(79-26(4)61)41(82-29(7)64)44(85-32(10)67)47(88-35(13)70)50(73)55-20-53(19-54,21-56-51(74)48(89-36(14)71)45(86-33(11)68)42(83-30(8)65)39(80-27(5)62)17-77-24(2)59)22-57-52(75)49(90-37(15)72)46(87-34(12)69)43(84-31(9)66)40(81-28(6)63)18-78-25(3)60/h38-49H,16-22,54H2,1-15H3,(H,55,73)(H,56,74)(H,57,75). The maximum absolute atomic E-state index is 14.7. The number of nitrogens with one attached hydrogen (secondary N) is 3. The summed E-state index contributed by atoms with van der Waals surface area (Å²) < 4.78 is 78.7. The van der Waals surface area contributed by atoms with Crippen LogP contribution in [0.2, 0.25) is 0 Å². The van der Waals surface area contributed by atoms with Gasteiger partial charge in [0.05, 0.1) is 0 Å². The Hall–Kier alpha value is -9.58. The van der Waals surface area contributed by atoms with E-state index in [0.717, 1.165) is 104 Å². The Morgan fingerprint density at radius 3 is 0.600 bits per heavy atom. The Balaban J connectivity index is 8.80. The summed E-state index contributed by atoms with van der Waals surface area (Å²) in [6.07, 6.45) is -27.0. The Labute approximate surface area is 513 Å². The fourth-order valence-corrected chi connectivity index (χ4v) is 7.82. The molecule has 90 heavy (non-hydrogen) atoms. The summed E-state index contributed by atoms with van der Waals surface area (Å²) in [6, 6.07) is 0. The lowest BCUT2D eigenvalue weighted by molar-refractivity contribution is -0.203. The molecule has 506 valence electrons. The zero-order valence-electron chi connectivity index (χ0n) is 51.9. The fraction of sp³-hybridized carbons (Fsp3) is 0.660. The van der Waals surface area contributed by atoms with Gasteiger partial charge in [0.15, 0.2) is 54.9 Å². The number of esters is 15.